The number of ether oxygens (including phenoxy) is 1. The number of nitrogen functional groups attached to an aromatic ring is 1. The molecule has 1 aliphatic rings. The fraction of sp³-hybridized carbons (Fsp3) is 0.462. The number of methoxy groups -OCH3 is 1. The van der Waals surface area contributed by atoms with E-state index >= 15 is 0 Å². The molecule has 1 heterocycles. The second-order valence-electron chi connectivity index (χ2n) is 4.88. The van der Waals surface area contributed by atoms with Gasteiger partial charge in [-0.15, -0.1) is 0 Å². The van der Waals surface area contributed by atoms with Gasteiger partial charge in [-0.2, -0.15) is 4.31 Å². The lowest BCUT2D eigenvalue weighted by molar-refractivity contribution is -0.146. The molecule has 0 bridgehead atoms. The van der Waals surface area contributed by atoms with Crippen LogP contribution < -0.4 is 5.73 Å². The average Bonchev–Trinajstić information content (AvgIpc) is 2.49. The summed E-state index contributed by atoms with van der Waals surface area (Å²) in [6.45, 7) is 0.516. The van der Waals surface area contributed by atoms with Gasteiger partial charge in [-0.1, -0.05) is 11.6 Å². The van der Waals surface area contributed by atoms with Crippen molar-refractivity contribution in [1.29, 1.82) is 0 Å². The highest BCUT2D eigenvalue weighted by Gasteiger charge is 2.33. The first-order valence-electron chi connectivity index (χ1n) is 6.49. The largest absolute Gasteiger partial charge is 0.469 e. The van der Waals surface area contributed by atoms with Gasteiger partial charge in [0.25, 0.3) is 0 Å². The Labute approximate surface area is 128 Å². The fourth-order valence-electron chi connectivity index (χ4n) is 2.37. The van der Waals surface area contributed by atoms with Crippen LogP contribution in [0.25, 0.3) is 0 Å². The third-order valence-corrected chi connectivity index (χ3v) is 5.77. The van der Waals surface area contributed by atoms with E-state index in [0.29, 0.717) is 17.9 Å². The molecule has 0 spiro atoms. The molecule has 2 rings (SSSR count). The van der Waals surface area contributed by atoms with Gasteiger partial charge in [0.15, 0.2) is 0 Å². The number of sulfonamides is 1. The van der Waals surface area contributed by atoms with E-state index in [1.807, 2.05) is 0 Å². The van der Waals surface area contributed by atoms with Gasteiger partial charge in [-0.25, -0.2) is 8.42 Å². The van der Waals surface area contributed by atoms with Crippen LogP contribution in [0.1, 0.15) is 12.8 Å². The number of rotatable bonds is 3. The Morgan fingerprint density at radius 1 is 1.38 bits per heavy atom. The Kier molecular flexibility index (Phi) is 4.75. The van der Waals surface area contributed by atoms with Crippen molar-refractivity contribution in [3.63, 3.8) is 0 Å². The van der Waals surface area contributed by atoms with Crippen molar-refractivity contribution in [2.45, 2.75) is 17.7 Å². The molecule has 2 N–H and O–H groups in total. The number of hydrogen-bond donors (Lipinski definition) is 1. The number of piperidine rings is 1. The van der Waals surface area contributed by atoms with Gasteiger partial charge in [0, 0.05) is 18.1 Å². The lowest BCUT2D eigenvalue weighted by Crippen LogP contribution is -2.40. The zero-order valence-corrected chi connectivity index (χ0v) is 13.2. The lowest BCUT2D eigenvalue weighted by Gasteiger charge is -2.30. The quantitative estimate of drug-likeness (QED) is 0.669. The van der Waals surface area contributed by atoms with Gasteiger partial charge in [0.05, 0.1) is 18.7 Å². The number of halogens is 1. The minimum Gasteiger partial charge on any atom is -0.469 e. The lowest BCUT2D eigenvalue weighted by atomic mass is 9.99. The van der Waals surface area contributed by atoms with E-state index < -0.39 is 10.0 Å². The summed E-state index contributed by atoms with van der Waals surface area (Å²) < 4.78 is 31.2. The highest BCUT2D eigenvalue weighted by molar-refractivity contribution is 7.89. The number of anilines is 1. The topological polar surface area (TPSA) is 89.7 Å². The van der Waals surface area contributed by atoms with Crippen molar-refractivity contribution in [3.05, 3.63) is 23.2 Å². The smallest absolute Gasteiger partial charge is 0.308 e. The maximum atomic E-state index is 12.6. The molecule has 6 nitrogen and oxygen atoms in total. The summed E-state index contributed by atoms with van der Waals surface area (Å²) in [5, 5.41) is 0.312. The normalized spacial score (nSPS) is 17.6. The number of carbonyl (C=O) groups is 1. The van der Waals surface area contributed by atoms with Crippen LogP contribution in [0.3, 0.4) is 0 Å². The van der Waals surface area contributed by atoms with Crippen molar-refractivity contribution in [3.8, 4) is 0 Å². The molecule has 1 saturated heterocycles. The molecule has 8 heteroatoms. The summed E-state index contributed by atoms with van der Waals surface area (Å²) in [5.74, 6) is -0.549. The van der Waals surface area contributed by atoms with Crippen LogP contribution in [0.4, 0.5) is 5.69 Å². The first-order chi connectivity index (χ1) is 9.86. The molecule has 116 valence electrons. The van der Waals surface area contributed by atoms with Gasteiger partial charge in [-0.05, 0) is 31.0 Å². The van der Waals surface area contributed by atoms with E-state index in [9.17, 15) is 13.2 Å². The van der Waals surface area contributed by atoms with Gasteiger partial charge in [-0.3, -0.25) is 4.79 Å². The minimum absolute atomic E-state index is 0.00604. The van der Waals surface area contributed by atoms with Crippen LogP contribution in [0.15, 0.2) is 23.1 Å². The Morgan fingerprint density at radius 2 is 2.00 bits per heavy atom. The minimum atomic E-state index is -3.70. The van der Waals surface area contributed by atoms with Crippen molar-refractivity contribution in [1.82, 2.24) is 4.31 Å². The third kappa shape index (κ3) is 3.30. The molecule has 0 unspecified atom stereocenters. The van der Waals surface area contributed by atoms with Crippen LogP contribution >= 0.6 is 11.6 Å². The number of nitrogens with zero attached hydrogens (tertiary/aromatic N) is 1. The maximum Gasteiger partial charge on any atom is 0.308 e. The first-order valence-corrected chi connectivity index (χ1v) is 8.31. The van der Waals surface area contributed by atoms with E-state index in [4.69, 9.17) is 17.3 Å². The molecule has 0 radical (unpaired) electrons. The SMILES string of the molecule is COC(=O)C1CCN(S(=O)(=O)c2cc(Cl)ccc2N)CC1. The van der Waals surface area contributed by atoms with Crippen LogP contribution in [0.2, 0.25) is 5.02 Å². The molecular weight excluding hydrogens is 316 g/mol. The van der Waals surface area contributed by atoms with E-state index in [1.54, 1.807) is 6.07 Å². The van der Waals surface area contributed by atoms with E-state index in [2.05, 4.69) is 4.74 Å². The van der Waals surface area contributed by atoms with Crippen molar-refractivity contribution >= 4 is 33.3 Å². The summed E-state index contributed by atoms with van der Waals surface area (Å²) in [6.07, 6.45) is 0.874. The number of hydrogen-bond acceptors (Lipinski definition) is 5. The van der Waals surface area contributed by atoms with Crippen LogP contribution in [0, 0.1) is 5.92 Å². The third-order valence-electron chi connectivity index (χ3n) is 3.58. The summed E-state index contributed by atoms with van der Waals surface area (Å²) in [7, 11) is -2.37. The van der Waals surface area contributed by atoms with Crippen LogP contribution in [-0.4, -0.2) is 38.9 Å². The summed E-state index contributed by atoms with van der Waals surface area (Å²) in [6, 6.07) is 4.36. The molecule has 1 aromatic carbocycles. The predicted octanol–water partition coefficient (Wildman–Crippen LogP) is 1.50. The highest BCUT2D eigenvalue weighted by Crippen LogP contribution is 2.29. The summed E-state index contributed by atoms with van der Waals surface area (Å²) in [5.41, 5.74) is 5.90. The maximum absolute atomic E-state index is 12.6. The second-order valence-corrected chi connectivity index (χ2v) is 7.23. The molecule has 0 amide bonds. The Bertz CT molecular complexity index is 640. The average molecular weight is 333 g/mol. The first kappa shape index (κ1) is 16.1. The molecule has 0 aliphatic carbocycles. The summed E-state index contributed by atoms with van der Waals surface area (Å²) in [4.78, 5) is 11.5. The molecule has 21 heavy (non-hydrogen) atoms. The van der Waals surface area contributed by atoms with E-state index in [0.717, 1.165) is 0 Å². The fourth-order valence-corrected chi connectivity index (χ4v) is 4.22. The highest BCUT2D eigenvalue weighted by atomic mass is 35.5. The van der Waals surface area contributed by atoms with Gasteiger partial charge in [0.1, 0.15) is 4.90 Å². The number of esters is 1. The zero-order chi connectivity index (χ0) is 15.6. The Morgan fingerprint density at radius 3 is 2.57 bits per heavy atom. The standard InChI is InChI=1S/C13H17ClN2O4S/c1-20-13(17)9-4-6-16(7-5-9)21(18,19)12-8-10(14)2-3-11(12)15/h2-3,8-9H,4-7,15H2,1H3. The molecular formula is C13H17ClN2O4S. The number of carbonyl (C=O) groups excluding carboxylic acids is 1. The number of nitrogens with two attached hydrogens (primary N) is 1. The predicted molar refractivity (Wildman–Crippen MR) is 79.4 cm³/mol. The second kappa shape index (κ2) is 6.21. The molecule has 1 aromatic rings. The summed E-state index contributed by atoms with van der Waals surface area (Å²) >= 11 is 5.85. The van der Waals surface area contributed by atoms with Crippen LogP contribution in [0.5, 0.6) is 0 Å². The Hall–Kier alpha value is -1.31. The van der Waals surface area contributed by atoms with Crippen LogP contribution in [-0.2, 0) is 19.6 Å². The van der Waals surface area contributed by atoms with Crippen molar-refractivity contribution in [2.75, 3.05) is 25.9 Å². The molecule has 0 saturated carbocycles. The Balaban J connectivity index is 2.19. The molecule has 0 aromatic heterocycles. The molecule has 1 aliphatic heterocycles. The number of benzene rings is 1. The van der Waals surface area contributed by atoms with E-state index in [1.165, 1.54) is 23.5 Å². The molecule has 1 fully saturated rings. The molecule has 0 atom stereocenters. The monoisotopic (exact) mass is 332 g/mol. The van der Waals surface area contributed by atoms with Crippen molar-refractivity contribution < 1.29 is 17.9 Å². The van der Waals surface area contributed by atoms with Gasteiger partial charge < -0.3 is 10.5 Å². The van der Waals surface area contributed by atoms with E-state index in [-0.39, 0.29) is 35.6 Å². The van der Waals surface area contributed by atoms with Crippen molar-refractivity contribution in [2.24, 2.45) is 5.92 Å². The van der Waals surface area contributed by atoms with Gasteiger partial charge in [0.2, 0.25) is 10.0 Å². The van der Waals surface area contributed by atoms with Gasteiger partial charge >= 0.3 is 5.97 Å². The zero-order valence-electron chi connectivity index (χ0n) is 11.6.